The van der Waals surface area contributed by atoms with Crippen LogP contribution >= 0.6 is 15.9 Å². The summed E-state index contributed by atoms with van der Waals surface area (Å²) in [6.07, 6.45) is -3.04. The molecule has 1 rings (SSSR count). The van der Waals surface area contributed by atoms with Gasteiger partial charge >= 0.3 is 6.43 Å². The molecule has 90 valence electrons. The molecule has 0 saturated carbocycles. The molecular formula is C10H12BrF2NO2. The lowest BCUT2D eigenvalue weighted by Gasteiger charge is -2.03. The highest BCUT2D eigenvalue weighted by molar-refractivity contribution is 9.10. The third kappa shape index (κ3) is 3.84. The molecule has 0 fully saturated rings. The van der Waals surface area contributed by atoms with Gasteiger partial charge in [0.25, 0.3) is 0 Å². The molecule has 0 amide bonds. The quantitative estimate of drug-likeness (QED) is 0.634. The Labute approximate surface area is 101 Å². The standard InChI is InChI=1S/C8H6BrF2NO2.C2H6/c1-14-5-3-2-4(12-7(5)9)6(13)8(10)11;1-2/h2-3,8H,1H3;1-2H3. The van der Waals surface area contributed by atoms with Gasteiger partial charge < -0.3 is 4.74 Å². The molecule has 0 aliphatic carbocycles. The summed E-state index contributed by atoms with van der Waals surface area (Å²) >= 11 is 2.99. The molecule has 0 unspecified atom stereocenters. The van der Waals surface area contributed by atoms with Crippen LogP contribution in [0.2, 0.25) is 0 Å². The van der Waals surface area contributed by atoms with E-state index >= 15 is 0 Å². The summed E-state index contributed by atoms with van der Waals surface area (Å²) in [4.78, 5) is 14.4. The second-order valence-electron chi connectivity index (χ2n) is 2.35. The van der Waals surface area contributed by atoms with Gasteiger partial charge in [-0.2, -0.15) is 0 Å². The van der Waals surface area contributed by atoms with E-state index in [9.17, 15) is 13.6 Å². The number of carbonyl (C=O) groups excluding carboxylic acids is 1. The Morgan fingerprint density at radius 1 is 1.44 bits per heavy atom. The van der Waals surface area contributed by atoms with Gasteiger partial charge in [0.05, 0.1) is 7.11 Å². The first-order valence-corrected chi connectivity index (χ1v) is 5.38. The zero-order chi connectivity index (χ0) is 12.7. The second kappa shape index (κ2) is 7.27. The molecule has 1 heterocycles. The summed E-state index contributed by atoms with van der Waals surface area (Å²) in [6, 6.07) is 2.59. The third-order valence-corrected chi connectivity index (χ3v) is 2.05. The van der Waals surface area contributed by atoms with Gasteiger partial charge in [0, 0.05) is 0 Å². The van der Waals surface area contributed by atoms with E-state index in [-0.39, 0.29) is 10.3 Å². The first-order chi connectivity index (χ1) is 7.56. The average molecular weight is 296 g/mol. The molecule has 0 spiro atoms. The van der Waals surface area contributed by atoms with Gasteiger partial charge in [0.2, 0.25) is 5.78 Å². The molecule has 1 aromatic rings. The van der Waals surface area contributed by atoms with E-state index in [0.29, 0.717) is 5.75 Å². The maximum absolute atomic E-state index is 12.0. The predicted molar refractivity (Wildman–Crippen MR) is 60.2 cm³/mol. The van der Waals surface area contributed by atoms with Gasteiger partial charge in [0.15, 0.2) is 5.75 Å². The summed E-state index contributed by atoms with van der Waals surface area (Å²) < 4.78 is 29.0. The Morgan fingerprint density at radius 2 is 2.00 bits per heavy atom. The van der Waals surface area contributed by atoms with E-state index in [0.717, 1.165) is 0 Å². The van der Waals surface area contributed by atoms with Crippen LogP contribution in [-0.4, -0.2) is 24.3 Å². The summed E-state index contributed by atoms with van der Waals surface area (Å²) in [6.45, 7) is 4.00. The number of aromatic nitrogens is 1. The number of ether oxygens (including phenoxy) is 1. The number of hydrogen-bond acceptors (Lipinski definition) is 3. The highest BCUT2D eigenvalue weighted by Crippen LogP contribution is 2.22. The van der Waals surface area contributed by atoms with Crippen molar-refractivity contribution in [2.24, 2.45) is 0 Å². The van der Waals surface area contributed by atoms with Crippen molar-refractivity contribution in [1.82, 2.24) is 4.98 Å². The van der Waals surface area contributed by atoms with Crippen LogP contribution in [0.15, 0.2) is 16.7 Å². The van der Waals surface area contributed by atoms with Crippen molar-refractivity contribution in [3.05, 3.63) is 22.4 Å². The lowest BCUT2D eigenvalue weighted by atomic mass is 10.2. The van der Waals surface area contributed by atoms with Crippen molar-refractivity contribution in [1.29, 1.82) is 0 Å². The Kier molecular flexibility index (Phi) is 6.80. The maximum Gasteiger partial charge on any atom is 0.302 e. The zero-order valence-corrected chi connectivity index (χ0v) is 10.7. The molecular weight excluding hydrogens is 284 g/mol. The summed E-state index contributed by atoms with van der Waals surface area (Å²) in [7, 11) is 1.41. The van der Waals surface area contributed by atoms with Crippen LogP contribution in [-0.2, 0) is 0 Å². The van der Waals surface area contributed by atoms with Crippen LogP contribution in [0.25, 0.3) is 0 Å². The third-order valence-electron chi connectivity index (χ3n) is 1.49. The van der Waals surface area contributed by atoms with Gasteiger partial charge in [0.1, 0.15) is 10.3 Å². The summed E-state index contributed by atoms with van der Waals surface area (Å²) in [5.74, 6) is -0.913. The molecule has 0 bridgehead atoms. The van der Waals surface area contributed by atoms with Crippen LogP contribution in [0.4, 0.5) is 8.78 Å². The van der Waals surface area contributed by atoms with Crippen LogP contribution in [0.5, 0.6) is 5.75 Å². The average Bonchev–Trinajstić information content (AvgIpc) is 2.30. The van der Waals surface area contributed by atoms with Crippen LogP contribution < -0.4 is 4.74 Å². The Hall–Kier alpha value is -1.04. The predicted octanol–water partition coefficient (Wildman–Crippen LogP) is 3.33. The molecule has 0 radical (unpaired) electrons. The minimum atomic E-state index is -3.04. The second-order valence-corrected chi connectivity index (χ2v) is 3.11. The fourth-order valence-electron chi connectivity index (χ4n) is 0.823. The molecule has 16 heavy (non-hydrogen) atoms. The number of methoxy groups -OCH3 is 1. The van der Waals surface area contributed by atoms with E-state index < -0.39 is 12.2 Å². The minimum Gasteiger partial charge on any atom is -0.494 e. The van der Waals surface area contributed by atoms with Crippen LogP contribution in [0.3, 0.4) is 0 Å². The summed E-state index contributed by atoms with van der Waals surface area (Å²) in [5, 5.41) is 0. The fourth-order valence-corrected chi connectivity index (χ4v) is 1.31. The maximum atomic E-state index is 12.0. The van der Waals surface area contributed by atoms with Crippen molar-refractivity contribution in [3.8, 4) is 5.75 Å². The normalized spacial score (nSPS) is 9.44. The van der Waals surface area contributed by atoms with E-state index in [2.05, 4.69) is 20.9 Å². The SMILES string of the molecule is CC.COc1ccc(C(=O)C(F)F)nc1Br. The number of halogens is 3. The first-order valence-electron chi connectivity index (χ1n) is 4.59. The zero-order valence-electron chi connectivity index (χ0n) is 9.13. The Bertz CT molecular complexity index is 359. The Morgan fingerprint density at radius 3 is 2.38 bits per heavy atom. The molecule has 3 nitrogen and oxygen atoms in total. The monoisotopic (exact) mass is 295 g/mol. The lowest BCUT2D eigenvalue weighted by molar-refractivity contribution is 0.0673. The highest BCUT2D eigenvalue weighted by Gasteiger charge is 2.20. The van der Waals surface area contributed by atoms with Gasteiger partial charge in [-0.05, 0) is 28.1 Å². The van der Waals surface area contributed by atoms with E-state index in [4.69, 9.17) is 4.74 Å². The number of hydrogen-bond donors (Lipinski definition) is 0. The molecule has 0 aliphatic rings. The van der Waals surface area contributed by atoms with Crippen molar-refractivity contribution in [2.45, 2.75) is 20.3 Å². The summed E-state index contributed by atoms with van der Waals surface area (Å²) in [5.41, 5.74) is -0.285. The van der Waals surface area contributed by atoms with E-state index in [1.165, 1.54) is 19.2 Å². The van der Waals surface area contributed by atoms with Gasteiger partial charge in [-0.1, -0.05) is 13.8 Å². The molecule has 0 atom stereocenters. The molecule has 6 heteroatoms. The molecule has 0 aliphatic heterocycles. The van der Waals surface area contributed by atoms with Crippen molar-refractivity contribution in [2.75, 3.05) is 7.11 Å². The number of alkyl halides is 2. The fraction of sp³-hybridized carbons (Fsp3) is 0.400. The van der Waals surface area contributed by atoms with Gasteiger partial charge in [-0.25, -0.2) is 13.8 Å². The number of rotatable bonds is 3. The highest BCUT2D eigenvalue weighted by atomic mass is 79.9. The van der Waals surface area contributed by atoms with Crippen LogP contribution in [0, 0.1) is 0 Å². The topological polar surface area (TPSA) is 39.2 Å². The van der Waals surface area contributed by atoms with Crippen LogP contribution in [0.1, 0.15) is 24.3 Å². The van der Waals surface area contributed by atoms with Gasteiger partial charge in [-0.15, -0.1) is 0 Å². The van der Waals surface area contributed by atoms with Crippen molar-refractivity contribution < 1.29 is 18.3 Å². The lowest BCUT2D eigenvalue weighted by Crippen LogP contribution is -2.12. The smallest absolute Gasteiger partial charge is 0.302 e. The number of carbonyl (C=O) groups is 1. The Balaban J connectivity index is 0.00000106. The molecule has 1 aromatic heterocycles. The van der Waals surface area contributed by atoms with E-state index in [1.54, 1.807) is 0 Å². The minimum absolute atomic E-state index is 0.228. The number of Topliss-reactive ketones (excluding diaryl/α,β-unsaturated/α-hetero) is 1. The van der Waals surface area contributed by atoms with Crippen molar-refractivity contribution >= 4 is 21.7 Å². The number of nitrogens with zero attached hydrogens (tertiary/aromatic N) is 1. The number of pyridine rings is 1. The molecule has 0 saturated heterocycles. The van der Waals surface area contributed by atoms with Crippen molar-refractivity contribution in [3.63, 3.8) is 0 Å². The first kappa shape index (κ1) is 15.0. The van der Waals surface area contributed by atoms with E-state index in [1.807, 2.05) is 13.8 Å². The number of ketones is 1. The van der Waals surface area contributed by atoms with Gasteiger partial charge in [-0.3, -0.25) is 4.79 Å². The molecule has 0 N–H and O–H groups in total. The largest absolute Gasteiger partial charge is 0.494 e. The molecule has 0 aromatic carbocycles.